The minimum absolute atomic E-state index is 0.0563. The topological polar surface area (TPSA) is 124 Å². The Hall–Kier alpha value is -4.08. The highest BCUT2D eigenvalue weighted by Gasteiger charge is 2.76. The molecule has 1 spiro atoms. The van der Waals surface area contributed by atoms with Crippen LogP contribution >= 0.6 is 0 Å². The van der Waals surface area contributed by atoms with Crippen LogP contribution in [0, 0.1) is 34.5 Å². The number of hydrogen-bond acceptors (Lipinski definition) is 7. The number of hydrogen-bond donors (Lipinski definition) is 2. The van der Waals surface area contributed by atoms with Gasteiger partial charge in [-0.25, -0.2) is 4.79 Å². The van der Waals surface area contributed by atoms with Crippen LogP contribution in [0.1, 0.15) is 54.8 Å². The maximum atomic E-state index is 14.9. The minimum Gasteiger partial charge on any atom is -0.438 e. The van der Waals surface area contributed by atoms with E-state index in [4.69, 9.17) is 4.74 Å². The molecule has 1 aromatic rings. The van der Waals surface area contributed by atoms with E-state index in [1.807, 2.05) is 6.92 Å². The third-order valence-electron chi connectivity index (χ3n) is 11.3. The highest BCUT2D eigenvalue weighted by molar-refractivity contribution is 6.21. The second kappa shape index (κ2) is 10.2. The number of carbonyl (C=O) groups is 4. The molecule has 1 aromatic carbocycles. The van der Waals surface area contributed by atoms with Crippen molar-refractivity contribution in [3.63, 3.8) is 0 Å². The lowest BCUT2D eigenvalue weighted by atomic mass is 9.59. The fourth-order valence-corrected chi connectivity index (χ4v) is 8.88. The van der Waals surface area contributed by atoms with Gasteiger partial charge in [0, 0.05) is 18.7 Å². The van der Waals surface area contributed by atoms with E-state index >= 15 is 0 Å². The first-order valence-corrected chi connectivity index (χ1v) is 15.4. The number of imide groups is 1. The number of nitrogens with zero attached hydrogens (tertiary/aromatic N) is 2. The normalized spacial score (nSPS) is 36.1. The molecule has 5 aliphatic rings. The van der Waals surface area contributed by atoms with Crippen LogP contribution < -0.4 is 0 Å². The summed E-state index contributed by atoms with van der Waals surface area (Å²) in [5, 5.41) is 25.3. The lowest BCUT2D eigenvalue weighted by Crippen LogP contribution is -2.66. The molecule has 0 aromatic heterocycles. The van der Waals surface area contributed by atoms with Gasteiger partial charge in [0.2, 0.25) is 0 Å². The minimum atomic E-state index is -2.32. The summed E-state index contributed by atoms with van der Waals surface area (Å²) < 4.78 is 5.99. The molecule has 4 aliphatic carbocycles. The summed E-state index contributed by atoms with van der Waals surface area (Å²) in [6.07, 6.45) is 4.52. The molecule has 1 heterocycles. The van der Waals surface area contributed by atoms with E-state index in [9.17, 15) is 29.4 Å². The molecule has 0 unspecified atom stereocenters. The first-order chi connectivity index (χ1) is 21.2. The molecule has 9 heteroatoms. The van der Waals surface area contributed by atoms with E-state index in [1.165, 1.54) is 24.1 Å². The molecule has 0 saturated heterocycles. The second-order valence-electron chi connectivity index (χ2n) is 13.8. The van der Waals surface area contributed by atoms with Crippen molar-refractivity contribution in [1.82, 2.24) is 9.80 Å². The van der Waals surface area contributed by atoms with Gasteiger partial charge in [-0.3, -0.25) is 24.2 Å². The number of aliphatic hydroxyl groups excluding tert-OH is 1. The van der Waals surface area contributed by atoms with E-state index in [-0.39, 0.29) is 46.3 Å². The number of aliphatic hydroxyl groups is 2. The van der Waals surface area contributed by atoms with Crippen LogP contribution in [0.2, 0.25) is 0 Å². The van der Waals surface area contributed by atoms with Crippen LogP contribution in [0.25, 0.3) is 0 Å². The summed E-state index contributed by atoms with van der Waals surface area (Å²) in [4.78, 5) is 57.4. The summed E-state index contributed by atoms with van der Waals surface area (Å²) in [6.45, 7) is 14.9. The Balaban J connectivity index is 1.46. The fourth-order valence-electron chi connectivity index (χ4n) is 8.88. The SMILES string of the molecule is C=C/C=C(\C=C)N(C)C(=O)O[C@H]1C(C)=C[C@]23C(=O)[C@@H](C=C(CN4C(=O)c5ccccc5C4=O)[C@@H](O)[C@]12O)[C@H]1[C@@H](C[C@H]3C)C1(C)C. The molecule has 1 aliphatic heterocycles. The van der Waals surface area contributed by atoms with E-state index in [0.29, 0.717) is 17.7 Å². The van der Waals surface area contributed by atoms with Gasteiger partial charge in [-0.05, 0) is 71.9 Å². The number of carbonyl (C=O) groups excluding carboxylic acids is 4. The molecule has 2 bridgehead atoms. The molecule has 9 nitrogen and oxygen atoms in total. The maximum Gasteiger partial charge on any atom is 0.414 e. The largest absolute Gasteiger partial charge is 0.438 e. The summed E-state index contributed by atoms with van der Waals surface area (Å²) in [5.74, 6) is -2.27. The number of Topliss-reactive ketones (excluding diaryl/α,β-unsaturated/α-hetero) is 1. The number of allylic oxidation sites excluding steroid dienone is 4. The Morgan fingerprint density at radius 3 is 2.36 bits per heavy atom. The number of ether oxygens (including phenoxy) is 1. The van der Waals surface area contributed by atoms with Crippen LogP contribution in [-0.2, 0) is 9.53 Å². The predicted octanol–water partition coefficient (Wildman–Crippen LogP) is 4.45. The van der Waals surface area contributed by atoms with Gasteiger partial charge < -0.3 is 14.9 Å². The molecule has 8 atom stereocenters. The summed E-state index contributed by atoms with van der Waals surface area (Å²) in [5.41, 5.74) is -2.57. The van der Waals surface area contributed by atoms with E-state index in [0.717, 1.165) is 4.90 Å². The number of ketones is 1. The Labute approximate surface area is 263 Å². The maximum absolute atomic E-state index is 14.9. The predicted molar refractivity (Wildman–Crippen MR) is 167 cm³/mol. The van der Waals surface area contributed by atoms with E-state index in [2.05, 4.69) is 27.0 Å². The van der Waals surface area contributed by atoms with Gasteiger partial charge in [-0.15, -0.1) is 0 Å². The second-order valence-corrected chi connectivity index (χ2v) is 13.8. The molecule has 2 saturated carbocycles. The van der Waals surface area contributed by atoms with Crippen molar-refractivity contribution in [3.8, 4) is 0 Å². The summed E-state index contributed by atoms with van der Waals surface area (Å²) in [7, 11) is 1.48. The molecular weight excluding hydrogens is 572 g/mol. The van der Waals surface area contributed by atoms with Crippen molar-refractivity contribution in [2.75, 3.05) is 13.6 Å². The third-order valence-corrected chi connectivity index (χ3v) is 11.3. The van der Waals surface area contributed by atoms with Crippen LogP contribution in [0.3, 0.4) is 0 Å². The van der Waals surface area contributed by atoms with Gasteiger partial charge in [-0.2, -0.15) is 0 Å². The standard InChI is InChI=1S/C36H40N2O7/c1-8-12-22(9-2)37(7)33(43)45-30-19(3)17-35-20(4)15-26-27(34(26,5)6)25(29(35)40)16-21(28(39)36(30,35)44)18-38-31(41)23-13-10-11-14-24(23)32(38)42/h8-14,16-17,20,25-28,30,39,44H,1-2,15,18H2,3-7H3/b22-12+/t20-,25+,26-,27+,28-,30+,35+,36+/m1/s1. The van der Waals surface area contributed by atoms with Gasteiger partial charge in [0.05, 0.1) is 23.1 Å². The number of rotatable bonds is 6. The quantitative estimate of drug-likeness (QED) is 0.276. The highest BCUT2D eigenvalue weighted by atomic mass is 16.6. The van der Waals surface area contributed by atoms with Crippen LogP contribution in [0.5, 0.6) is 0 Å². The number of likely N-dealkylation sites (N-methyl/N-ethyl adjacent to an activating group) is 1. The average Bonchev–Trinajstić information content (AvgIpc) is 3.39. The van der Waals surface area contributed by atoms with Crippen molar-refractivity contribution in [2.24, 2.45) is 34.5 Å². The smallest absolute Gasteiger partial charge is 0.414 e. The highest BCUT2D eigenvalue weighted by Crippen LogP contribution is 2.71. The molecule has 2 fully saturated rings. The van der Waals surface area contributed by atoms with Crippen molar-refractivity contribution in [3.05, 3.63) is 95.8 Å². The van der Waals surface area contributed by atoms with Crippen molar-refractivity contribution in [2.45, 2.75) is 51.9 Å². The molecule has 6 rings (SSSR count). The summed E-state index contributed by atoms with van der Waals surface area (Å²) in [6, 6.07) is 6.49. The van der Waals surface area contributed by atoms with Crippen LogP contribution in [-0.4, -0.2) is 75.1 Å². The molecule has 0 radical (unpaired) electrons. The van der Waals surface area contributed by atoms with Gasteiger partial charge >= 0.3 is 6.09 Å². The molecule has 3 amide bonds. The Morgan fingerprint density at radius 2 is 1.78 bits per heavy atom. The van der Waals surface area contributed by atoms with Crippen molar-refractivity contribution in [1.29, 1.82) is 0 Å². The zero-order valence-electron chi connectivity index (χ0n) is 26.3. The zero-order chi connectivity index (χ0) is 32.8. The first kappa shape index (κ1) is 30.9. The molecule has 45 heavy (non-hydrogen) atoms. The average molecular weight is 613 g/mol. The summed E-state index contributed by atoms with van der Waals surface area (Å²) >= 11 is 0. The van der Waals surface area contributed by atoms with Crippen molar-refractivity contribution < 1.29 is 34.1 Å². The fraction of sp³-hybridized carbons (Fsp3) is 0.444. The van der Waals surface area contributed by atoms with Gasteiger partial charge in [0.25, 0.3) is 11.8 Å². The first-order valence-electron chi connectivity index (χ1n) is 15.4. The number of benzene rings is 1. The lowest BCUT2D eigenvalue weighted by Gasteiger charge is -2.49. The van der Waals surface area contributed by atoms with E-state index < -0.39 is 53.0 Å². The molecule has 2 N–H and O–H groups in total. The van der Waals surface area contributed by atoms with E-state index in [1.54, 1.807) is 49.4 Å². The van der Waals surface area contributed by atoms with Gasteiger partial charge in [-0.1, -0.05) is 64.3 Å². The zero-order valence-corrected chi connectivity index (χ0v) is 26.3. The Kier molecular flexibility index (Phi) is 7.02. The lowest BCUT2D eigenvalue weighted by molar-refractivity contribution is -0.190. The molecule has 236 valence electrons. The van der Waals surface area contributed by atoms with Crippen LogP contribution in [0.15, 0.2) is 84.6 Å². The van der Waals surface area contributed by atoms with Gasteiger partial charge in [0.1, 0.15) is 6.10 Å². The molecular formula is C36H40N2O7. The number of fused-ring (bicyclic) bond motifs is 4. The Morgan fingerprint density at radius 1 is 1.16 bits per heavy atom. The Bertz CT molecular complexity index is 1620. The van der Waals surface area contributed by atoms with Crippen molar-refractivity contribution >= 4 is 23.7 Å². The number of amides is 3. The van der Waals surface area contributed by atoms with Crippen LogP contribution in [0.4, 0.5) is 4.79 Å². The monoisotopic (exact) mass is 612 g/mol. The third kappa shape index (κ3) is 3.99. The van der Waals surface area contributed by atoms with Gasteiger partial charge in [0.15, 0.2) is 17.5 Å².